The summed E-state index contributed by atoms with van der Waals surface area (Å²) in [5.41, 5.74) is 1.95. The minimum atomic E-state index is -0.221. The Hall–Kier alpha value is -1.42. The van der Waals surface area contributed by atoms with Crippen molar-refractivity contribution in [2.24, 2.45) is 0 Å². The zero-order chi connectivity index (χ0) is 13.1. The summed E-state index contributed by atoms with van der Waals surface area (Å²) in [5, 5.41) is 3.28. The molecule has 94 valence electrons. The number of pyridine rings is 1. The fourth-order valence-electron chi connectivity index (χ4n) is 1.76. The maximum absolute atomic E-state index is 13.1. The molecular weight excluding hydrogens is 295 g/mol. The molecule has 0 aliphatic rings. The van der Waals surface area contributed by atoms with E-state index in [-0.39, 0.29) is 11.9 Å². The molecule has 4 heteroatoms. The molecule has 1 N–H and O–H groups in total. The molecule has 18 heavy (non-hydrogen) atoms. The van der Waals surface area contributed by atoms with Crippen LogP contribution in [0.5, 0.6) is 0 Å². The highest BCUT2D eigenvalue weighted by Gasteiger charge is 2.08. The van der Waals surface area contributed by atoms with E-state index in [9.17, 15) is 4.39 Å². The third-order valence-corrected chi connectivity index (χ3v) is 3.18. The van der Waals surface area contributed by atoms with E-state index in [2.05, 4.69) is 26.2 Å². The van der Waals surface area contributed by atoms with Crippen LogP contribution in [0.4, 0.5) is 10.2 Å². The molecule has 1 heterocycles. The molecule has 0 radical (unpaired) electrons. The highest BCUT2D eigenvalue weighted by Crippen LogP contribution is 2.22. The summed E-state index contributed by atoms with van der Waals surface area (Å²) in [4.78, 5) is 4.31. The number of hydrogen-bond acceptors (Lipinski definition) is 2. The van der Waals surface area contributed by atoms with Crippen LogP contribution in [-0.2, 0) is 0 Å². The van der Waals surface area contributed by atoms with Crippen molar-refractivity contribution in [1.29, 1.82) is 0 Å². The molecule has 0 aliphatic heterocycles. The molecule has 1 atom stereocenters. The number of aryl methyl sites for hydroxylation is 1. The molecule has 2 aromatic rings. The SMILES string of the molecule is Cc1cc(Br)cnc1NC(C)c1cccc(F)c1. The standard InChI is InChI=1S/C14H14BrFN2/c1-9-6-12(15)8-17-14(9)18-10(2)11-4-3-5-13(16)7-11/h3-8,10H,1-2H3,(H,17,18). The van der Waals surface area contributed by atoms with Crippen LogP contribution >= 0.6 is 15.9 Å². The Balaban J connectivity index is 2.18. The Morgan fingerprint density at radius 3 is 2.78 bits per heavy atom. The van der Waals surface area contributed by atoms with E-state index in [0.29, 0.717) is 0 Å². The molecule has 0 saturated carbocycles. The number of rotatable bonds is 3. The van der Waals surface area contributed by atoms with Crippen molar-refractivity contribution < 1.29 is 4.39 Å². The van der Waals surface area contributed by atoms with Gasteiger partial charge in [0.05, 0.1) is 6.04 Å². The van der Waals surface area contributed by atoms with E-state index in [0.717, 1.165) is 21.4 Å². The van der Waals surface area contributed by atoms with Crippen LogP contribution in [-0.4, -0.2) is 4.98 Å². The lowest BCUT2D eigenvalue weighted by atomic mass is 10.1. The van der Waals surface area contributed by atoms with Gasteiger partial charge in [0.1, 0.15) is 11.6 Å². The number of nitrogens with one attached hydrogen (secondary N) is 1. The Labute approximate surface area is 114 Å². The number of aromatic nitrogens is 1. The first kappa shape index (κ1) is 13.0. The van der Waals surface area contributed by atoms with Gasteiger partial charge < -0.3 is 5.32 Å². The van der Waals surface area contributed by atoms with Crippen molar-refractivity contribution in [2.75, 3.05) is 5.32 Å². The van der Waals surface area contributed by atoms with Crippen LogP contribution in [0, 0.1) is 12.7 Å². The number of anilines is 1. The van der Waals surface area contributed by atoms with Gasteiger partial charge in [-0.15, -0.1) is 0 Å². The van der Waals surface area contributed by atoms with Crippen molar-refractivity contribution in [3.63, 3.8) is 0 Å². The predicted octanol–water partition coefficient (Wildman–Crippen LogP) is 4.46. The first-order valence-electron chi connectivity index (χ1n) is 5.70. The highest BCUT2D eigenvalue weighted by molar-refractivity contribution is 9.10. The van der Waals surface area contributed by atoms with E-state index in [4.69, 9.17) is 0 Å². The van der Waals surface area contributed by atoms with Gasteiger partial charge in [0.15, 0.2) is 0 Å². The zero-order valence-electron chi connectivity index (χ0n) is 10.2. The maximum atomic E-state index is 13.1. The normalized spacial score (nSPS) is 12.2. The lowest BCUT2D eigenvalue weighted by Gasteiger charge is -2.16. The maximum Gasteiger partial charge on any atom is 0.129 e. The fraction of sp³-hybridized carbons (Fsp3) is 0.214. The largest absolute Gasteiger partial charge is 0.363 e. The van der Waals surface area contributed by atoms with Crippen molar-refractivity contribution >= 4 is 21.7 Å². The Morgan fingerprint density at radius 2 is 2.11 bits per heavy atom. The lowest BCUT2D eigenvalue weighted by Crippen LogP contribution is -2.09. The summed E-state index contributed by atoms with van der Waals surface area (Å²) in [6.07, 6.45) is 1.74. The summed E-state index contributed by atoms with van der Waals surface area (Å²) >= 11 is 3.38. The van der Waals surface area contributed by atoms with Gasteiger partial charge in [0.25, 0.3) is 0 Å². The quantitative estimate of drug-likeness (QED) is 0.905. The van der Waals surface area contributed by atoms with E-state index in [1.807, 2.05) is 26.0 Å². The van der Waals surface area contributed by atoms with Crippen molar-refractivity contribution in [3.8, 4) is 0 Å². The Morgan fingerprint density at radius 1 is 1.33 bits per heavy atom. The third kappa shape index (κ3) is 3.07. The molecule has 1 aromatic heterocycles. The van der Waals surface area contributed by atoms with Gasteiger partial charge in [-0.3, -0.25) is 0 Å². The minimum absolute atomic E-state index is 0.00748. The average Bonchev–Trinajstić information content (AvgIpc) is 2.32. The molecule has 2 rings (SSSR count). The van der Waals surface area contributed by atoms with E-state index in [1.54, 1.807) is 12.3 Å². The molecule has 0 bridgehead atoms. The van der Waals surface area contributed by atoms with Gasteiger partial charge in [0.2, 0.25) is 0 Å². The van der Waals surface area contributed by atoms with Gasteiger partial charge >= 0.3 is 0 Å². The second kappa shape index (κ2) is 5.48. The van der Waals surface area contributed by atoms with E-state index < -0.39 is 0 Å². The van der Waals surface area contributed by atoms with Crippen LogP contribution in [0.3, 0.4) is 0 Å². The zero-order valence-corrected chi connectivity index (χ0v) is 11.8. The molecule has 2 nitrogen and oxygen atoms in total. The minimum Gasteiger partial charge on any atom is -0.363 e. The summed E-state index contributed by atoms with van der Waals surface area (Å²) in [7, 11) is 0. The molecule has 0 aliphatic carbocycles. The number of nitrogens with zero attached hydrogens (tertiary/aromatic N) is 1. The molecule has 0 amide bonds. The third-order valence-electron chi connectivity index (χ3n) is 2.75. The summed E-state index contributed by atoms with van der Waals surface area (Å²) in [6.45, 7) is 3.97. The topological polar surface area (TPSA) is 24.9 Å². The molecular formula is C14H14BrFN2. The summed E-state index contributed by atoms with van der Waals surface area (Å²) in [6, 6.07) is 8.59. The van der Waals surface area contributed by atoms with Gasteiger partial charge in [-0.1, -0.05) is 12.1 Å². The first-order chi connectivity index (χ1) is 8.56. The average molecular weight is 309 g/mol. The molecule has 0 spiro atoms. The number of halogens is 2. The van der Waals surface area contributed by atoms with Crippen LogP contribution < -0.4 is 5.32 Å². The highest BCUT2D eigenvalue weighted by atomic mass is 79.9. The molecule has 1 aromatic carbocycles. The van der Waals surface area contributed by atoms with Crippen molar-refractivity contribution in [2.45, 2.75) is 19.9 Å². The van der Waals surface area contributed by atoms with Gasteiger partial charge in [0, 0.05) is 10.7 Å². The van der Waals surface area contributed by atoms with Crippen LogP contribution in [0.2, 0.25) is 0 Å². The number of hydrogen-bond donors (Lipinski definition) is 1. The van der Waals surface area contributed by atoms with Crippen LogP contribution in [0.15, 0.2) is 41.0 Å². The van der Waals surface area contributed by atoms with Gasteiger partial charge in [-0.25, -0.2) is 9.37 Å². The van der Waals surface area contributed by atoms with Gasteiger partial charge in [-0.05, 0) is 59.1 Å². The molecule has 0 fully saturated rings. The smallest absolute Gasteiger partial charge is 0.129 e. The molecule has 0 saturated heterocycles. The Kier molecular flexibility index (Phi) is 3.97. The van der Waals surface area contributed by atoms with Crippen LogP contribution in [0.25, 0.3) is 0 Å². The Bertz CT molecular complexity index is 557. The van der Waals surface area contributed by atoms with Crippen molar-refractivity contribution in [3.05, 3.63) is 57.9 Å². The van der Waals surface area contributed by atoms with E-state index >= 15 is 0 Å². The summed E-state index contributed by atoms with van der Waals surface area (Å²) < 4.78 is 14.1. The first-order valence-corrected chi connectivity index (χ1v) is 6.49. The second-order valence-corrected chi connectivity index (χ2v) is 5.16. The van der Waals surface area contributed by atoms with Crippen LogP contribution in [0.1, 0.15) is 24.1 Å². The van der Waals surface area contributed by atoms with Gasteiger partial charge in [-0.2, -0.15) is 0 Å². The monoisotopic (exact) mass is 308 g/mol. The predicted molar refractivity (Wildman–Crippen MR) is 75.1 cm³/mol. The lowest BCUT2D eigenvalue weighted by molar-refractivity contribution is 0.623. The second-order valence-electron chi connectivity index (χ2n) is 4.24. The van der Waals surface area contributed by atoms with Crippen molar-refractivity contribution in [1.82, 2.24) is 4.98 Å². The van der Waals surface area contributed by atoms with E-state index in [1.165, 1.54) is 12.1 Å². The number of benzene rings is 1. The molecule has 1 unspecified atom stereocenters. The fourth-order valence-corrected chi connectivity index (χ4v) is 2.20. The summed E-state index contributed by atoms with van der Waals surface area (Å²) in [5.74, 6) is 0.594.